The van der Waals surface area contributed by atoms with Crippen LogP contribution in [-0.2, 0) is 0 Å². The molecule has 5 heteroatoms. The number of nitrogens with two attached hydrogens (primary N) is 1. The van der Waals surface area contributed by atoms with Crippen molar-refractivity contribution in [1.82, 2.24) is 10.1 Å². The third-order valence-corrected chi connectivity index (χ3v) is 4.38. The Morgan fingerprint density at radius 1 is 1.05 bits per heavy atom. The lowest BCUT2D eigenvalue weighted by Gasteiger charge is -2.23. The number of hydrogen-bond donors (Lipinski definition) is 1. The van der Waals surface area contributed by atoms with Crippen molar-refractivity contribution < 1.29 is 4.52 Å². The number of hydrogen-bond acceptors (Lipinski definition) is 5. The molecule has 19 heavy (non-hydrogen) atoms. The first-order chi connectivity index (χ1) is 9.33. The van der Waals surface area contributed by atoms with Crippen molar-refractivity contribution in [2.45, 2.75) is 63.3 Å². The van der Waals surface area contributed by atoms with Crippen molar-refractivity contribution in [3.8, 4) is 0 Å². The average molecular weight is 264 g/mol. The highest BCUT2D eigenvalue weighted by atomic mass is 16.5. The van der Waals surface area contributed by atoms with Crippen LogP contribution in [0.1, 0.15) is 63.2 Å². The van der Waals surface area contributed by atoms with E-state index in [1.54, 1.807) is 0 Å². The monoisotopic (exact) mass is 264 g/mol. The van der Waals surface area contributed by atoms with Crippen LogP contribution in [0, 0.1) is 0 Å². The highest BCUT2D eigenvalue weighted by molar-refractivity contribution is 5.28. The summed E-state index contributed by atoms with van der Waals surface area (Å²) in [6, 6.07) is 0.298. The van der Waals surface area contributed by atoms with Crippen LogP contribution < -0.4 is 10.6 Å². The fourth-order valence-corrected chi connectivity index (χ4v) is 3.24. The molecule has 0 bridgehead atoms. The molecule has 2 heterocycles. The molecule has 2 fully saturated rings. The molecule has 0 spiro atoms. The molecule has 3 rings (SSSR count). The number of anilines is 1. The van der Waals surface area contributed by atoms with Crippen molar-refractivity contribution in [3.63, 3.8) is 0 Å². The summed E-state index contributed by atoms with van der Waals surface area (Å²) >= 11 is 0. The first-order valence-corrected chi connectivity index (χ1v) is 7.67. The maximum Gasteiger partial charge on any atom is 0.266 e. The van der Waals surface area contributed by atoms with Gasteiger partial charge in [0.25, 0.3) is 5.95 Å². The van der Waals surface area contributed by atoms with Crippen molar-refractivity contribution >= 4 is 5.95 Å². The van der Waals surface area contributed by atoms with Crippen molar-refractivity contribution in [2.75, 3.05) is 18.0 Å². The molecule has 2 atom stereocenters. The van der Waals surface area contributed by atoms with Crippen LogP contribution in [0.2, 0.25) is 0 Å². The van der Waals surface area contributed by atoms with Gasteiger partial charge >= 0.3 is 0 Å². The molecule has 2 aliphatic rings. The van der Waals surface area contributed by atoms with E-state index in [9.17, 15) is 0 Å². The van der Waals surface area contributed by atoms with Crippen LogP contribution in [0.4, 0.5) is 5.95 Å². The summed E-state index contributed by atoms with van der Waals surface area (Å²) in [6.07, 6.45) is 9.53. The molecular formula is C14H24N4O. The van der Waals surface area contributed by atoms with E-state index in [1.165, 1.54) is 32.1 Å². The standard InChI is InChI=1S/C14H24N4O/c15-12-7-5-6-11(10-12)13-16-14(17-19-13)18-8-3-1-2-4-9-18/h11-12H,1-10,15H2. The summed E-state index contributed by atoms with van der Waals surface area (Å²) in [5.74, 6) is 1.96. The molecule has 1 saturated heterocycles. The van der Waals surface area contributed by atoms with Gasteiger partial charge in [-0.15, -0.1) is 0 Å². The second kappa shape index (κ2) is 5.90. The average Bonchev–Trinajstić information content (AvgIpc) is 2.75. The molecular weight excluding hydrogens is 240 g/mol. The molecule has 2 N–H and O–H groups in total. The van der Waals surface area contributed by atoms with Crippen LogP contribution in [-0.4, -0.2) is 29.3 Å². The quantitative estimate of drug-likeness (QED) is 0.888. The predicted molar refractivity (Wildman–Crippen MR) is 74.2 cm³/mol. The Morgan fingerprint density at radius 3 is 2.58 bits per heavy atom. The zero-order chi connectivity index (χ0) is 13.1. The van der Waals surface area contributed by atoms with Gasteiger partial charge < -0.3 is 15.2 Å². The molecule has 1 aliphatic heterocycles. The van der Waals surface area contributed by atoms with Gasteiger partial charge in [-0.3, -0.25) is 0 Å². The maximum absolute atomic E-state index is 6.03. The van der Waals surface area contributed by atoms with Crippen LogP contribution in [0.5, 0.6) is 0 Å². The molecule has 106 valence electrons. The van der Waals surface area contributed by atoms with Crippen LogP contribution in [0.15, 0.2) is 4.52 Å². The van der Waals surface area contributed by atoms with E-state index >= 15 is 0 Å². The van der Waals surface area contributed by atoms with E-state index in [1.807, 2.05) is 0 Å². The Bertz CT molecular complexity index is 381. The summed E-state index contributed by atoms with van der Waals surface area (Å²) in [7, 11) is 0. The first-order valence-electron chi connectivity index (χ1n) is 7.67. The number of rotatable bonds is 2. The highest BCUT2D eigenvalue weighted by Gasteiger charge is 2.26. The van der Waals surface area contributed by atoms with Crippen LogP contribution >= 0.6 is 0 Å². The van der Waals surface area contributed by atoms with Crippen LogP contribution in [0.25, 0.3) is 0 Å². The lowest BCUT2D eigenvalue weighted by atomic mass is 9.86. The topological polar surface area (TPSA) is 68.2 Å². The van der Waals surface area contributed by atoms with Gasteiger partial charge in [-0.1, -0.05) is 19.3 Å². The molecule has 0 aromatic carbocycles. The normalized spacial score (nSPS) is 29.2. The fourth-order valence-electron chi connectivity index (χ4n) is 3.24. The predicted octanol–water partition coefficient (Wildman–Crippen LogP) is 2.43. The molecule has 1 aliphatic carbocycles. The fraction of sp³-hybridized carbons (Fsp3) is 0.857. The second-order valence-corrected chi connectivity index (χ2v) is 5.96. The molecule has 0 amide bonds. The number of nitrogens with zero attached hydrogens (tertiary/aromatic N) is 3. The smallest absolute Gasteiger partial charge is 0.266 e. The molecule has 0 radical (unpaired) electrons. The minimum absolute atomic E-state index is 0.298. The Hall–Kier alpha value is -1.10. The Labute approximate surface area is 114 Å². The minimum atomic E-state index is 0.298. The summed E-state index contributed by atoms with van der Waals surface area (Å²) in [5.41, 5.74) is 6.03. The van der Waals surface area contributed by atoms with Gasteiger partial charge in [0, 0.05) is 25.0 Å². The lowest BCUT2D eigenvalue weighted by Crippen LogP contribution is -2.27. The summed E-state index contributed by atoms with van der Waals surface area (Å²) in [5, 5.41) is 4.18. The number of aromatic nitrogens is 2. The van der Waals surface area contributed by atoms with Crippen LogP contribution in [0.3, 0.4) is 0 Å². The summed E-state index contributed by atoms with van der Waals surface area (Å²) in [4.78, 5) is 6.89. The van der Waals surface area contributed by atoms with Gasteiger partial charge in [0.1, 0.15) is 0 Å². The second-order valence-electron chi connectivity index (χ2n) is 5.96. The molecule has 2 unspecified atom stereocenters. The minimum Gasteiger partial charge on any atom is -0.338 e. The van der Waals surface area contributed by atoms with Crippen molar-refractivity contribution in [1.29, 1.82) is 0 Å². The lowest BCUT2D eigenvalue weighted by molar-refractivity contribution is 0.298. The van der Waals surface area contributed by atoms with Crippen molar-refractivity contribution in [3.05, 3.63) is 5.89 Å². The maximum atomic E-state index is 6.03. The van der Waals surface area contributed by atoms with Crippen molar-refractivity contribution in [2.24, 2.45) is 5.73 Å². The Balaban J connectivity index is 1.68. The van der Waals surface area contributed by atoms with E-state index in [0.717, 1.165) is 44.2 Å². The molecule has 1 saturated carbocycles. The third kappa shape index (κ3) is 3.08. The van der Waals surface area contributed by atoms with E-state index in [2.05, 4.69) is 15.0 Å². The molecule has 1 aromatic rings. The Kier molecular flexibility index (Phi) is 4.01. The van der Waals surface area contributed by atoms with Gasteiger partial charge in [0.2, 0.25) is 5.89 Å². The van der Waals surface area contributed by atoms with E-state index in [-0.39, 0.29) is 0 Å². The van der Waals surface area contributed by atoms with Gasteiger partial charge in [0.15, 0.2) is 0 Å². The van der Waals surface area contributed by atoms with Gasteiger partial charge in [-0.25, -0.2) is 0 Å². The summed E-state index contributed by atoms with van der Waals surface area (Å²) in [6.45, 7) is 2.12. The third-order valence-electron chi connectivity index (χ3n) is 4.38. The first kappa shape index (κ1) is 12.9. The van der Waals surface area contributed by atoms with E-state index in [0.29, 0.717) is 12.0 Å². The van der Waals surface area contributed by atoms with Gasteiger partial charge in [-0.05, 0) is 37.3 Å². The summed E-state index contributed by atoms with van der Waals surface area (Å²) < 4.78 is 5.49. The largest absolute Gasteiger partial charge is 0.338 e. The van der Waals surface area contributed by atoms with Gasteiger partial charge in [0.05, 0.1) is 0 Å². The molecule has 5 nitrogen and oxygen atoms in total. The highest BCUT2D eigenvalue weighted by Crippen LogP contribution is 2.32. The molecule has 1 aromatic heterocycles. The Morgan fingerprint density at radius 2 is 1.84 bits per heavy atom. The zero-order valence-corrected chi connectivity index (χ0v) is 11.6. The van der Waals surface area contributed by atoms with E-state index < -0.39 is 0 Å². The zero-order valence-electron chi connectivity index (χ0n) is 11.6. The SMILES string of the molecule is NC1CCCC(c2nc(N3CCCCCC3)no2)C1. The van der Waals surface area contributed by atoms with Gasteiger partial charge in [-0.2, -0.15) is 4.98 Å². The van der Waals surface area contributed by atoms with E-state index in [4.69, 9.17) is 10.3 Å².